The van der Waals surface area contributed by atoms with E-state index in [9.17, 15) is 8.78 Å². The van der Waals surface area contributed by atoms with Crippen LogP contribution in [0.15, 0.2) is 36.7 Å². The van der Waals surface area contributed by atoms with Crippen molar-refractivity contribution < 1.29 is 8.78 Å². The molecule has 1 atom stereocenters. The Labute approximate surface area is 108 Å². The zero-order valence-corrected chi connectivity index (χ0v) is 9.96. The van der Waals surface area contributed by atoms with Gasteiger partial charge in [0.1, 0.15) is 11.6 Å². The molecule has 1 aromatic carbocycles. The summed E-state index contributed by atoms with van der Waals surface area (Å²) in [5, 5.41) is 0.323. The lowest BCUT2D eigenvalue weighted by Gasteiger charge is -2.18. The number of nitrogens with zero attached hydrogens (tertiary/aromatic N) is 1. The van der Waals surface area contributed by atoms with Gasteiger partial charge < -0.3 is 0 Å². The predicted molar refractivity (Wildman–Crippen MR) is 64.8 cm³/mol. The number of nitrogens with one attached hydrogen (secondary N) is 1. The number of hydrogen-bond acceptors (Lipinski definition) is 3. The minimum Gasteiger partial charge on any atom is -0.271 e. The Morgan fingerprint density at radius 2 is 2.00 bits per heavy atom. The molecule has 94 valence electrons. The van der Waals surface area contributed by atoms with Gasteiger partial charge in [0.15, 0.2) is 0 Å². The maximum Gasteiger partial charge on any atom is 0.128 e. The first-order valence-corrected chi connectivity index (χ1v) is 5.51. The van der Waals surface area contributed by atoms with E-state index in [0.717, 1.165) is 18.2 Å². The molecule has 0 aliphatic heterocycles. The molecule has 2 rings (SSSR count). The molecule has 2 aromatic rings. The van der Waals surface area contributed by atoms with E-state index in [1.165, 1.54) is 12.4 Å². The van der Waals surface area contributed by atoms with Crippen molar-refractivity contribution in [2.24, 2.45) is 5.84 Å². The van der Waals surface area contributed by atoms with Gasteiger partial charge in [-0.1, -0.05) is 11.6 Å². The van der Waals surface area contributed by atoms with Crippen molar-refractivity contribution in [2.45, 2.75) is 6.04 Å². The van der Waals surface area contributed by atoms with E-state index in [2.05, 4.69) is 10.4 Å². The molecule has 1 unspecified atom stereocenters. The van der Waals surface area contributed by atoms with Crippen molar-refractivity contribution >= 4 is 11.6 Å². The molecule has 0 aliphatic rings. The first-order valence-electron chi connectivity index (χ1n) is 5.14. The fourth-order valence-electron chi connectivity index (χ4n) is 1.70. The van der Waals surface area contributed by atoms with Gasteiger partial charge >= 0.3 is 0 Å². The van der Waals surface area contributed by atoms with Crippen LogP contribution < -0.4 is 11.3 Å². The van der Waals surface area contributed by atoms with Crippen LogP contribution in [0.25, 0.3) is 0 Å². The highest BCUT2D eigenvalue weighted by atomic mass is 35.5. The Kier molecular flexibility index (Phi) is 3.86. The highest BCUT2D eigenvalue weighted by molar-refractivity contribution is 6.31. The van der Waals surface area contributed by atoms with Crippen molar-refractivity contribution in [2.75, 3.05) is 0 Å². The highest BCUT2D eigenvalue weighted by Gasteiger charge is 2.19. The first kappa shape index (κ1) is 12.9. The summed E-state index contributed by atoms with van der Waals surface area (Å²) in [5.74, 6) is 4.30. The third-order valence-electron chi connectivity index (χ3n) is 2.55. The van der Waals surface area contributed by atoms with Gasteiger partial charge in [-0.2, -0.15) is 0 Å². The zero-order valence-electron chi connectivity index (χ0n) is 9.20. The molecule has 1 aromatic heterocycles. The summed E-state index contributed by atoms with van der Waals surface area (Å²) in [6, 6.07) is 4.02. The predicted octanol–water partition coefficient (Wildman–Crippen LogP) is 2.57. The van der Waals surface area contributed by atoms with Crippen molar-refractivity contribution in [3.05, 3.63) is 64.4 Å². The Balaban J connectivity index is 2.52. The van der Waals surface area contributed by atoms with Crippen LogP contribution in [0.2, 0.25) is 5.02 Å². The van der Waals surface area contributed by atoms with Crippen LogP contribution in [0, 0.1) is 11.6 Å². The first-order chi connectivity index (χ1) is 8.63. The molecule has 0 saturated heterocycles. The number of rotatable bonds is 3. The molecule has 0 radical (unpaired) electrons. The minimum absolute atomic E-state index is 0.0885. The normalized spacial score (nSPS) is 12.4. The zero-order chi connectivity index (χ0) is 13.1. The lowest BCUT2D eigenvalue weighted by molar-refractivity contribution is 0.545. The largest absolute Gasteiger partial charge is 0.271 e. The lowest BCUT2D eigenvalue weighted by atomic mass is 9.99. The fourth-order valence-corrected chi connectivity index (χ4v) is 1.93. The smallest absolute Gasteiger partial charge is 0.128 e. The molecule has 0 amide bonds. The summed E-state index contributed by atoms with van der Waals surface area (Å²) < 4.78 is 26.9. The maximum atomic E-state index is 13.7. The van der Waals surface area contributed by atoms with E-state index in [1.54, 1.807) is 6.07 Å². The molecule has 6 heteroatoms. The van der Waals surface area contributed by atoms with Gasteiger partial charge in [0.2, 0.25) is 0 Å². The molecular weight excluding hydrogens is 260 g/mol. The van der Waals surface area contributed by atoms with E-state index in [4.69, 9.17) is 17.4 Å². The topological polar surface area (TPSA) is 50.9 Å². The quantitative estimate of drug-likeness (QED) is 0.665. The monoisotopic (exact) mass is 269 g/mol. The highest BCUT2D eigenvalue weighted by Crippen LogP contribution is 2.28. The average Bonchev–Trinajstić information content (AvgIpc) is 2.36. The van der Waals surface area contributed by atoms with Crippen LogP contribution in [0.1, 0.15) is 17.2 Å². The van der Waals surface area contributed by atoms with Crippen LogP contribution in [-0.2, 0) is 0 Å². The van der Waals surface area contributed by atoms with Gasteiger partial charge in [-0.15, -0.1) is 0 Å². The minimum atomic E-state index is -0.740. The number of halogens is 3. The number of nitrogens with two attached hydrogens (primary N) is 1. The summed E-state index contributed by atoms with van der Waals surface area (Å²) >= 11 is 5.97. The molecule has 18 heavy (non-hydrogen) atoms. The van der Waals surface area contributed by atoms with Crippen LogP contribution in [-0.4, -0.2) is 4.98 Å². The summed E-state index contributed by atoms with van der Waals surface area (Å²) in [5.41, 5.74) is 3.04. The Morgan fingerprint density at radius 3 is 2.67 bits per heavy atom. The van der Waals surface area contributed by atoms with Crippen LogP contribution >= 0.6 is 11.6 Å². The summed E-state index contributed by atoms with van der Waals surface area (Å²) in [6.07, 6.45) is 2.92. The number of hydrogen-bond donors (Lipinski definition) is 2. The van der Waals surface area contributed by atoms with E-state index in [1.807, 2.05) is 0 Å². The van der Waals surface area contributed by atoms with E-state index >= 15 is 0 Å². The molecule has 1 heterocycles. The molecule has 3 nitrogen and oxygen atoms in total. The molecule has 0 bridgehead atoms. The van der Waals surface area contributed by atoms with E-state index in [0.29, 0.717) is 10.6 Å². The second kappa shape index (κ2) is 5.39. The van der Waals surface area contributed by atoms with Crippen molar-refractivity contribution in [3.63, 3.8) is 0 Å². The van der Waals surface area contributed by atoms with Gasteiger partial charge in [0.25, 0.3) is 0 Å². The molecule has 0 fully saturated rings. The summed E-state index contributed by atoms with van der Waals surface area (Å²) in [4.78, 5) is 3.83. The third-order valence-corrected chi connectivity index (χ3v) is 2.87. The molecular formula is C12H10ClF2N3. The van der Waals surface area contributed by atoms with Gasteiger partial charge in [-0.05, 0) is 29.8 Å². The van der Waals surface area contributed by atoms with Crippen molar-refractivity contribution in [3.8, 4) is 0 Å². The maximum absolute atomic E-state index is 13.7. The number of benzene rings is 1. The molecule has 0 aliphatic carbocycles. The summed E-state index contributed by atoms with van der Waals surface area (Å²) in [7, 11) is 0. The summed E-state index contributed by atoms with van der Waals surface area (Å²) in [6.45, 7) is 0. The second-order valence-corrected chi connectivity index (χ2v) is 4.07. The van der Waals surface area contributed by atoms with Gasteiger partial charge in [-0.25, -0.2) is 14.2 Å². The van der Waals surface area contributed by atoms with Gasteiger partial charge in [-0.3, -0.25) is 10.8 Å². The standard InChI is InChI=1S/C12H10ClF2N3/c13-10-6-17-4-3-8(10)12(18-16)9-5-7(14)1-2-11(9)15/h1-6,12,18H,16H2. The third kappa shape index (κ3) is 2.48. The Bertz CT molecular complexity index is 563. The Hall–Kier alpha value is -1.56. The molecule has 0 spiro atoms. The molecule has 0 saturated carbocycles. The number of pyridine rings is 1. The van der Waals surface area contributed by atoms with Crippen LogP contribution in [0.4, 0.5) is 8.78 Å². The van der Waals surface area contributed by atoms with E-state index < -0.39 is 17.7 Å². The fraction of sp³-hybridized carbons (Fsp3) is 0.0833. The molecule has 3 N–H and O–H groups in total. The Morgan fingerprint density at radius 1 is 1.22 bits per heavy atom. The van der Waals surface area contributed by atoms with E-state index in [-0.39, 0.29) is 5.56 Å². The van der Waals surface area contributed by atoms with Crippen LogP contribution in [0.3, 0.4) is 0 Å². The van der Waals surface area contributed by atoms with Crippen molar-refractivity contribution in [1.29, 1.82) is 0 Å². The number of aromatic nitrogens is 1. The lowest BCUT2D eigenvalue weighted by Crippen LogP contribution is -2.30. The average molecular weight is 270 g/mol. The second-order valence-electron chi connectivity index (χ2n) is 3.66. The number of hydrazine groups is 1. The van der Waals surface area contributed by atoms with Gasteiger partial charge in [0.05, 0.1) is 11.1 Å². The van der Waals surface area contributed by atoms with Crippen LogP contribution in [0.5, 0.6) is 0 Å². The van der Waals surface area contributed by atoms with Crippen molar-refractivity contribution in [1.82, 2.24) is 10.4 Å². The SMILES string of the molecule is NNC(c1cc(F)ccc1F)c1ccncc1Cl. The van der Waals surface area contributed by atoms with Gasteiger partial charge in [0, 0.05) is 18.0 Å².